The largest absolute Gasteiger partial charge is 0.390 e. The molecule has 0 heterocycles. The lowest BCUT2D eigenvalue weighted by Gasteiger charge is -2.27. The lowest BCUT2D eigenvalue weighted by molar-refractivity contribution is 0.132. The molecule has 1 aliphatic rings. The van der Waals surface area contributed by atoms with Crippen LogP contribution in [0.3, 0.4) is 0 Å². The molecule has 3 rings (SSSR count). The molecular formula is C25H35N3O3S. The Morgan fingerprint density at radius 2 is 1.91 bits per heavy atom. The van der Waals surface area contributed by atoms with Crippen LogP contribution in [0.1, 0.15) is 37.3 Å². The number of hydrogen-bond donors (Lipinski definition) is 3. The Labute approximate surface area is 192 Å². The molecule has 2 aromatic rings. The van der Waals surface area contributed by atoms with E-state index in [4.69, 9.17) is 0 Å². The second-order valence-electron chi connectivity index (χ2n) is 8.52. The van der Waals surface area contributed by atoms with Crippen molar-refractivity contribution in [3.05, 3.63) is 72.3 Å². The lowest BCUT2D eigenvalue weighted by Crippen LogP contribution is -2.46. The molecule has 174 valence electrons. The molecule has 32 heavy (non-hydrogen) atoms. The van der Waals surface area contributed by atoms with E-state index in [1.54, 1.807) is 25.2 Å². The van der Waals surface area contributed by atoms with Crippen molar-refractivity contribution in [2.45, 2.75) is 55.7 Å². The van der Waals surface area contributed by atoms with E-state index in [2.05, 4.69) is 17.2 Å². The minimum absolute atomic E-state index is 0.240. The maximum absolute atomic E-state index is 12.9. The summed E-state index contributed by atoms with van der Waals surface area (Å²) < 4.78 is 27.1. The average Bonchev–Trinajstić information content (AvgIpc) is 3.62. The molecule has 1 saturated carbocycles. The van der Waals surface area contributed by atoms with Gasteiger partial charge in [0.2, 0.25) is 10.0 Å². The standard InChI is InChI=1S/C25H35N3O3S/c1-4-15-28(3)32(30,31)23-12-8-11-21(17-23)19(2)27-24(16-20-9-6-5-7-10-20)25(29)18-26-22-13-14-22/h5-12,17,22,24-27,29H,2,4,13-16,18H2,1,3H3/t24-,25+/m0/s1. The quantitative estimate of drug-likeness (QED) is 0.431. The summed E-state index contributed by atoms with van der Waals surface area (Å²) >= 11 is 0. The van der Waals surface area contributed by atoms with Gasteiger partial charge in [-0.2, -0.15) is 0 Å². The third-order valence-electron chi connectivity index (χ3n) is 5.74. The van der Waals surface area contributed by atoms with Gasteiger partial charge in [0.15, 0.2) is 0 Å². The molecular weight excluding hydrogens is 422 g/mol. The summed E-state index contributed by atoms with van der Waals surface area (Å²) in [5.41, 5.74) is 2.39. The first-order valence-corrected chi connectivity index (χ1v) is 12.7. The molecule has 0 aromatic heterocycles. The Kier molecular flexibility index (Phi) is 8.48. The Morgan fingerprint density at radius 1 is 1.19 bits per heavy atom. The molecule has 1 aliphatic carbocycles. The summed E-state index contributed by atoms with van der Waals surface area (Å²) in [5, 5.41) is 17.6. The van der Waals surface area contributed by atoms with Crippen LogP contribution < -0.4 is 10.6 Å². The van der Waals surface area contributed by atoms with Crippen molar-refractivity contribution in [2.24, 2.45) is 0 Å². The van der Waals surface area contributed by atoms with Crippen molar-refractivity contribution < 1.29 is 13.5 Å². The van der Waals surface area contributed by atoms with Crippen LogP contribution in [0.4, 0.5) is 0 Å². The highest BCUT2D eigenvalue weighted by Gasteiger charge is 2.26. The van der Waals surface area contributed by atoms with Crippen LogP contribution in [0.15, 0.2) is 66.1 Å². The topological polar surface area (TPSA) is 81.7 Å². The van der Waals surface area contributed by atoms with Gasteiger partial charge in [0.1, 0.15) is 0 Å². The second kappa shape index (κ2) is 11.1. The van der Waals surface area contributed by atoms with Gasteiger partial charge in [-0.3, -0.25) is 0 Å². The number of aliphatic hydroxyl groups excluding tert-OH is 1. The fourth-order valence-corrected chi connectivity index (χ4v) is 4.94. The van der Waals surface area contributed by atoms with Gasteiger partial charge < -0.3 is 15.7 Å². The summed E-state index contributed by atoms with van der Waals surface area (Å²) in [6.07, 6.45) is 3.08. The van der Waals surface area contributed by atoms with Gasteiger partial charge in [-0.1, -0.05) is 56.0 Å². The lowest BCUT2D eigenvalue weighted by atomic mass is 10.00. The van der Waals surface area contributed by atoms with Crippen LogP contribution >= 0.6 is 0 Å². The molecule has 0 amide bonds. The number of hydrogen-bond acceptors (Lipinski definition) is 5. The summed E-state index contributed by atoms with van der Waals surface area (Å²) in [4.78, 5) is 0.240. The van der Waals surface area contributed by atoms with Crippen LogP contribution in [0, 0.1) is 0 Å². The molecule has 0 spiro atoms. The molecule has 2 aromatic carbocycles. The predicted octanol–water partition coefficient (Wildman–Crippen LogP) is 3.00. The first-order chi connectivity index (χ1) is 15.3. The van der Waals surface area contributed by atoms with E-state index >= 15 is 0 Å². The molecule has 3 N–H and O–H groups in total. The van der Waals surface area contributed by atoms with Crippen molar-refractivity contribution in [1.29, 1.82) is 0 Å². The monoisotopic (exact) mass is 457 g/mol. The summed E-state index contributed by atoms with van der Waals surface area (Å²) in [7, 11) is -1.96. The first-order valence-electron chi connectivity index (χ1n) is 11.3. The van der Waals surface area contributed by atoms with E-state index in [9.17, 15) is 13.5 Å². The van der Waals surface area contributed by atoms with Crippen molar-refractivity contribution in [1.82, 2.24) is 14.9 Å². The van der Waals surface area contributed by atoms with Gasteiger partial charge in [-0.25, -0.2) is 12.7 Å². The predicted molar refractivity (Wildman–Crippen MR) is 130 cm³/mol. The van der Waals surface area contributed by atoms with E-state index in [0.29, 0.717) is 36.8 Å². The van der Waals surface area contributed by atoms with Crippen molar-refractivity contribution in [3.63, 3.8) is 0 Å². The fourth-order valence-electron chi connectivity index (χ4n) is 3.63. The van der Waals surface area contributed by atoms with E-state index in [1.165, 1.54) is 4.31 Å². The van der Waals surface area contributed by atoms with E-state index in [-0.39, 0.29) is 10.9 Å². The van der Waals surface area contributed by atoms with Gasteiger partial charge >= 0.3 is 0 Å². The van der Waals surface area contributed by atoms with Gasteiger partial charge in [-0.15, -0.1) is 0 Å². The van der Waals surface area contributed by atoms with Crippen molar-refractivity contribution >= 4 is 15.7 Å². The molecule has 1 fully saturated rings. The van der Waals surface area contributed by atoms with Crippen LogP contribution in [-0.4, -0.2) is 56.2 Å². The SMILES string of the molecule is C=C(N[C@@H](Cc1ccccc1)[C@H](O)CNC1CC1)c1cccc(S(=O)(=O)N(C)CCC)c1. The first kappa shape index (κ1) is 24.5. The fraction of sp³-hybridized carbons (Fsp3) is 0.440. The minimum Gasteiger partial charge on any atom is -0.390 e. The number of benzene rings is 2. The smallest absolute Gasteiger partial charge is 0.242 e. The zero-order chi connectivity index (χ0) is 23.1. The number of rotatable bonds is 13. The Bertz CT molecular complexity index is 991. The third kappa shape index (κ3) is 6.65. The number of aliphatic hydroxyl groups is 1. The molecule has 0 unspecified atom stereocenters. The highest BCUT2D eigenvalue weighted by molar-refractivity contribution is 7.89. The van der Waals surface area contributed by atoms with E-state index in [0.717, 1.165) is 24.8 Å². The normalized spacial score (nSPS) is 16.0. The Morgan fingerprint density at radius 3 is 2.56 bits per heavy atom. The molecule has 2 atom stereocenters. The zero-order valence-electron chi connectivity index (χ0n) is 19.0. The molecule has 0 radical (unpaired) electrons. The number of nitrogens with one attached hydrogen (secondary N) is 2. The Hall–Kier alpha value is -2.19. The Balaban J connectivity index is 1.76. The molecule has 0 saturated heterocycles. The highest BCUT2D eigenvalue weighted by atomic mass is 32.2. The zero-order valence-corrected chi connectivity index (χ0v) is 19.8. The molecule has 0 bridgehead atoms. The maximum Gasteiger partial charge on any atom is 0.242 e. The van der Waals surface area contributed by atoms with Crippen molar-refractivity contribution in [2.75, 3.05) is 20.1 Å². The van der Waals surface area contributed by atoms with Gasteiger partial charge in [0, 0.05) is 31.9 Å². The van der Waals surface area contributed by atoms with Crippen LogP contribution in [0.2, 0.25) is 0 Å². The second-order valence-corrected chi connectivity index (χ2v) is 10.6. The van der Waals surface area contributed by atoms with Gasteiger partial charge in [0.05, 0.1) is 17.0 Å². The third-order valence-corrected chi connectivity index (χ3v) is 7.60. The average molecular weight is 458 g/mol. The van der Waals surface area contributed by atoms with Gasteiger partial charge in [0.25, 0.3) is 0 Å². The van der Waals surface area contributed by atoms with Gasteiger partial charge in [-0.05, 0) is 48.9 Å². The van der Waals surface area contributed by atoms with Crippen LogP contribution in [0.25, 0.3) is 5.70 Å². The summed E-state index contributed by atoms with van der Waals surface area (Å²) in [6.45, 7) is 7.06. The maximum atomic E-state index is 12.9. The minimum atomic E-state index is -3.56. The van der Waals surface area contributed by atoms with E-state index < -0.39 is 16.1 Å². The van der Waals surface area contributed by atoms with E-state index in [1.807, 2.05) is 43.3 Å². The summed E-state index contributed by atoms with van der Waals surface area (Å²) in [5.74, 6) is 0. The number of sulfonamides is 1. The summed E-state index contributed by atoms with van der Waals surface area (Å²) in [6, 6.07) is 17.1. The van der Waals surface area contributed by atoms with Crippen LogP contribution in [0.5, 0.6) is 0 Å². The molecule has 0 aliphatic heterocycles. The van der Waals surface area contributed by atoms with Crippen LogP contribution in [-0.2, 0) is 16.4 Å². The highest BCUT2D eigenvalue weighted by Crippen LogP contribution is 2.21. The molecule has 6 nitrogen and oxygen atoms in total. The molecule has 7 heteroatoms. The number of nitrogens with zero attached hydrogens (tertiary/aromatic N) is 1. The van der Waals surface area contributed by atoms with Crippen molar-refractivity contribution in [3.8, 4) is 0 Å².